The van der Waals surface area contributed by atoms with Gasteiger partial charge in [0.25, 0.3) is 0 Å². The van der Waals surface area contributed by atoms with E-state index >= 15 is 0 Å². The van der Waals surface area contributed by atoms with Crippen LogP contribution in [0.15, 0.2) is 36.4 Å². The predicted molar refractivity (Wildman–Crippen MR) is 91.2 cm³/mol. The largest absolute Gasteiger partial charge is 0.478 e. The Bertz CT molecular complexity index is 866. The molecule has 0 saturated heterocycles. The van der Waals surface area contributed by atoms with Crippen molar-refractivity contribution in [3.8, 4) is 11.8 Å². The molecule has 0 aliphatic heterocycles. The maximum absolute atomic E-state index is 14.2. The molecule has 2 rings (SSSR count). The third-order valence-corrected chi connectivity index (χ3v) is 3.38. The highest BCUT2D eigenvalue weighted by atomic mass is 19.1. The number of hydrogen-bond acceptors (Lipinski definition) is 4. The number of halogens is 1. The van der Waals surface area contributed by atoms with Crippen LogP contribution in [0.5, 0.6) is 0 Å². The number of benzene rings is 2. The minimum Gasteiger partial charge on any atom is -0.478 e. The van der Waals surface area contributed by atoms with E-state index < -0.39 is 11.8 Å². The number of carbonyl (C=O) groups is 1. The number of anilines is 1. The maximum atomic E-state index is 14.2. The van der Waals surface area contributed by atoms with Crippen LogP contribution in [-0.4, -0.2) is 30.4 Å². The lowest BCUT2D eigenvalue weighted by molar-refractivity contribution is 0.0696. The molecule has 0 aliphatic rings. The average molecular weight is 325 g/mol. The maximum Gasteiger partial charge on any atom is 0.335 e. The highest BCUT2D eigenvalue weighted by Crippen LogP contribution is 2.22. The third kappa shape index (κ3) is 3.59. The summed E-state index contributed by atoms with van der Waals surface area (Å²) in [6.45, 7) is 0.244. The summed E-state index contributed by atoms with van der Waals surface area (Å²) in [5, 5.41) is 20.1. The summed E-state index contributed by atoms with van der Waals surface area (Å²) >= 11 is 0. The van der Waals surface area contributed by atoms with Gasteiger partial charge in [-0.1, -0.05) is 11.8 Å². The van der Waals surface area contributed by atoms with Crippen molar-refractivity contribution < 1.29 is 14.3 Å². The van der Waals surface area contributed by atoms with Gasteiger partial charge in [0.1, 0.15) is 5.82 Å². The fraction of sp³-hybridized carbons (Fsp3) is 0.111. The standard InChI is InChI=1S/C18H16FN3O2/c1-22-16-9-11(3-2-8-20)4-6-14(16)17(21)13-7-5-12(18(23)24)10-15(13)19/h4-7,9-10,21-22H,8,20H2,1H3,(H,23,24). The van der Waals surface area contributed by atoms with Gasteiger partial charge in [-0.15, -0.1) is 0 Å². The fourth-order valence-corrected chi connectivity index (χ4v) is 2.20. The van der Waals surface area contributed by atoms with Gasteiger partial charge in [0, 0.05) is 29.4 Å². The number of nitrogens with two attached hydrogens (primary N) is 1. The number of carboxylic acid groups (broad SMARTS) is 1. The molecule has 6 heteroatoms. The van der Waals surface area contributed by atoms with Crippen molar-refractivity contribution >= 4 is 17.4 Å². The monoisotopic (exact) mass is 325 g/mol. The third-order valence-electron chi connectivity index (χ3n) is 3.38. The minimum absolute atomic E-state index is 0.0253. The Hall–Kier alpha value is -3.17. The van der Waals surface area contributed by atoms with Crippen LogP contribution in [0.4, 0.5) is 10.1 Å². The molecule has 2 aromatic carbocycles. The number of nitrogens with one attached hydrogen (secondary N) is 2. The molecule has 0 spiro atoms. The Morgan fingerprint density at radius 2 is 2.00 bits per heavy atom. The van der Waals surface area contributed by atoms with Gasteiger partial charge in [-0.3, -0.25) is 5.41 Å². The molecule has 5 N–H and O–H groups in total. The lowest BCUT2D eigenvalue weighted by Crippen LogP contribution is -2.09. The predicted octanol–water partition coefficient (Wildman–Crippen LogP) is 2.29. The van der Waals surface area contributed by atoms with E-state index in [0.717, 1.165) is 11.6 Å². The van der Waals surface area contributed by atoms with Crippen molar-refractivity contribution in [2.24, 2.45) is 5.73 Å². The van der Waals surface area contributed by atoms with Gasteiger partial charge >= 0.3 is 5.97 Å². The summed E-state index contributed by atoms with van der Waals surface area (Å²) in [6, 6.07) is 8.61. The van der Waals surface area contributed by atoms with E-state index in [9.17, 15) is 9.18 Å². The first-order chi connectivity index (χ1) is 11.5. The number of carboxylic acids is 1. The summed E-state index contributed by atoms with van der Waals surface area (Å²) in [6.07, 6.45) is 0. The molecule has 0 heterocycles. The van der Waals surface area contributed by atoms with Crippen LogP contribution >= 0.6 is 0 Å². The normalized spacial score (nSPS) is 9.79. The molecule has 0 fully saturated rings. The van der Waals surface area contributed by atoms with E-state index in [4.69, 9.17) is 16.2 Å². The molecule has 0 unspecified atom stereocenters. The van der Waals surface area contributed by atoms with Crippen LogP contribution in [0.3, 0.4) is 0 Å². The first-order valence-corrected chi connectivity index (χ1v) is 7.10. The SMILES string of the molecule is CNc1cc(C#CCN)ccc1C(=N)c1ccc(C(=O)O)cc1F. The number of hydrogen-bond donors (Lipinski definition) is 4. The van der Waals surface area contributed by atoms with Gasteiger partial charge in [0.05, 0.1) is 17.8 Å². The Balaban J connectivity index is 2.44. The van der Waals surface area contributed by atoms with Crippen molar-refractivity contribution in [2.75, 3.05) is 18.9 Å². The van der Waals surface area contributed by atoms with Gasteiger partial charge in [0.15, 0.2) is 0 Å². The zero-order valence-electron chi connectivity index (χ0n) is 13.0. The van der Waals surface area contributed by atoms with E-state index in [1.54, 1.807) is 25.2 Å². The lowest BCUT2D eigenvalue weighted by atomic mass is 9.97. The first kappa shape index (κ1) is 17.2. The second-order valence-corrected chi connectivity index (χ2v) is 4.89. The van der Waals surface area contributed by atoms with E-state index in [0.29, 0.717) is 11.3 Å². The summed E-state index contributed by atoms with van der Waals surface area (Å²) in [4.78, 5) is 10.9. The Morgan fingerprint density at radius 3 is 2.58 bits per heavy atom. The number of aromatic carboxylic acids is 1. The molecule has 0 saturated carbocycles. The Labute approximate surface area is 138 Å². The highest BCUT2D eigenvalue weighted by molar-refractivity contribution is 6.14. The van der Waals surface area contributed by atoms with Crippen molar-refractivity contribution in [3.05, 3.63) is 64.5 Å². The first-order valence-electron chi connectivity index (χ1n) is 7.10. The molecule has 5 nitrogen and oxygen atoms in total. The molecule has 0 amide bonds. The molecular formula is C18H16FN3O2. The molecule has 2 aromatic rings. The van der Waals surface area contributed by atoms with Crippen LogP contribution in [-0.2, 0) is 0 Å². The molecule has 0 aliphatic carbocycles. The van der Waals surface area contributed by atoms with Crippen molar-refractivity contribution in [3.63, 3.8) is 0 Å². The van der Waals surface area contributed by atoms with Gasteiger partial charge in [-0.05, 0) is 36.4 Å². The van der Waals surface area contributed by atoms with Crippen LogP contribution in [0.2, 0.25) is 0 Å². The van der Waals surface area contributed by atoms with Crippen molar-refractivity contribution in [2.45, 2.75) is 0 Å². The van der Waals surface area contributed by atoms with E-state index in [-0.39, 0.29) is 23.4 Å². The molecule has 24 heavy (non-hydrogen) atoms. The smallest absolute Gasteiger partial charge is 0.335 e. The van der Waals surface area contributed by atoms with E-state index in [2.05, 4.69) is 17.2 Å². The van der Waals surface area contributed by atoms with Crippen LogP contribution in [0.25, 0.3) is 0 Å². The summed E-state index contributed by atoms with van der Waals surface area (Å²) in [5.74, 6) is 3.66. The molecule has 0 radical (unpaired) electrons. The molecule has 122 valence electrons. The van der Waals surface area contributed by atoms with Crippen LogP contribution < -0.4 is 11.1 Å². The average Bonchev–Trinajstić information content (AvgIpc) is 2.58. The Kier molecular flexibility index (Phi) is 5.30. The molecule has 0 aromatic heterocycles. The van der Waals surface area contributed by atoms with Crippen molar-refractivity contribution in [1.82, 2.24) is 0 Å². The fourth-order valence-electron chi connectivity index (χ4n) is 2.20. The highest BCUT2D eigenvalue weighted by Gasteiger charge is 2.16. The topological polar surface area (TPSA) is 99.2 Å². The van der Waals surface area contributed by atoms with Crippen molar-refractivity contribution in [1.29, 1.82) is 5.41 Å². The molecule has 0 atom stereocenters. The summed E-state index contributed by atoms with van der Waals surface area (Å²) in [5.41, 5.74) is 6.98. The van der Waals surface area contributed by atoms with Crippen LogP contribution in [0, 0.1) is 23.1 Å². The molecule has 0 bridgehead atoms. The summed E-state index contributed by atoms with van der Waals surface area (Å²) in [7, 11) is 1.69. The quantitative estimate of drug-likeness (QED) is 0.512. The van der Waals surface area contributed by atoms with Gasteiger partial charge < -0.3 is 16.2 Å². The summed E-state index contributed by atoms with van der Waals surface area (Å²) < 4.78 is 14.2. The zero-order valence-corrected chi connectivity index (χ0v) is 13.0. The Morgan fingerprint density at radius 1 is 1.29 bits per heavy atom. The minimum atomic E-state index is -1.22. The molecular weight excluding hydrogens is 309 g/mol. The second kappa shape index (κ2) is 7.40. The zero-order chi connectivity index (χ0) is 17.7. The number of rotatable bonds is 4. The van der Waals surface area contributed by atoms with Gasteiger partial charge in [-0.2, -0.15) is 0 Å². The van der Waals surface area contributed by atoms with Gasteiger partial charge in [0.2, 0.25) is 0 Å². The van der Waals surface area contributed by atoms with Gasteiger partial charge in [-0.25, -0.2) is 9.18 Å². The second-order valence-electron chi connectivity index (χ2n) is 4.89. The van der Waals surface area contributed by atoms with E-state index in [1.165, 1.54) is 12.1 Å². The van der Waals surface area contributed by atoms with E-state index in [1.807, 2.05) is 0 Å². The lowest BCUT2D eigenvalue weighted by Gasteiger charge is -2.12. The van der Waals surface area contributed by atoms with Crippen LogP contribution in [0.1, 0.15) is 27.0 Å².